The summed E-state index contributed by atoms with van der Waals surface area (Å²) < 4.78 is 27.7. The molecule has 6 nitrogen and oxygen atoms in total. The van der Waals surface area contributed by atoms with Gasteiger partial charge in [0, 0.05) is 0 Å². The molecule has 0 spiro atoms. The molecule has 224 valence electrons. The van der Waals surface area contributed by atoms with Crippen molar-refractivity contribution in [3.05, 3.63) is 0 Å². The first kappa shape index (κ1) is 38.1. The molecule has 37 heavy (non-hydrogen) atoms. The summed E-state index contributed by atoms with van der Waals surface area (Å²) in [6.07, 6.45) is 0. The summed E-state index contributed by atoms with van der Waals surface area (Å²) in [5.74, 6) is 0. The first-order chi connectivity index (χ1) is 16.3. The molecular weight excluding hydrogens is 572 g/mol. The van der Waals surface area contributed by atoms with Gasteiger partial charge in [0.15, 0.2) is 0 Å². The maximum atomic E-state index is 6.68. The second-order valence-electron chi connectivity index (χ2n) is 15.3. The van der Waals surface area contributed by atoms with E-state index < -0.39 is 38.1 Å². The van der Waals surface area contributed by atoms with Crippen molar-refractivity contribution in [1.29, 1.82) is 0 Å². The van der Waals surface area contributed by atoms with Gasteiger partial charge in [0.1, 0.15) is 0 Å². The van der Waals surface area contributed by atoms with Crippen molar-refractivity contribution < 1.29 is 30.3 Å². The molecule has 2 N–H and O–H groups in total. The molecule has 0 unspecified atom stereocenters. The molecule has 0 amide bonds. The summed E-state index contributed by atoms with van der Waals surface area (Å²) in [4.78, 5) is 0. The van der Waals surface area contributed by atoms with Crippen LogP contribution in [0.5, 0.6) is 0 Å². The summed E-state index contributed by atoms with van der Waals surface area (Å²) in [6.45, 7) is 45.7. The summed E-state index contributed by atoms with van der Waals surface area (Å²) in [5, 5.41) is 0. The van der Waals surface area contributed by atoms with E-state index in [1.54, 1.807) is 0 Å². The molecule has 0 saturated heterocycles. The van der Waals surface area contributed by atoms with Gasteiger partial charge < -0.3 is 0 Å². The molecule has 0 aliphatic carbocycles. The Morgan fingerprint density at radius 2 is 0.784 bits per heavy atom. The van der Waals surface area contributed by atoms with Crippen LogP contribution in [0.4, 0.5) is 0 Å². The van der Waals surface area contributed by atoms with Crippen molar-refractivity contribution in [2.45, 2.75) is 157 Å². The topological polar surface area (TPSA) is 49.0 Å². The van der Waals surface area contributed by atoms with Gasteiger partial charge in [-0.25, -0.2) is 0 Å². The zero-order chi connectivity index (χ0) is 29.7. The van der Waals surface area contributed by atoms with Crippen molar-refractivity contribution in [2.24, 2.45) is 0 Å². The molecule has 0 aliphatic heterocycles. The van der Waals surface area contributed by atoms with Gasteiger partial charge >= 0.3 is 243 Å². The predicted octanol–water partition coefficient (Wildman–Crippen LogP) is 7.26. The van der Waals surface area contributed by atoms with Crippen LogP contribution in [0.1, 0.15) is 96.9 Å². The van der Waals surface area contributed by atoms with E-state index in [2.05, 4.69) is 135 Å². The van der Waals surface area contributed by atoms with E-state index in [4.69, 9.17) is 8.85 Å². The van der Waals surface area contributed by atoms with Crippen molar-refractivity contribution in [1.82, 2.24) is 12.2 Å². The van der Waals surface area contributed by atoms with E-state index in [1.165, 1.54) is 0 Å². The van der Waals surface area contributed by atoms with Gasteiger partial charge in [-0.15, -0.1) is 0 Å². The van der Waals surface area contributed by atoms with E-state index in [0.29, 0.717) is 0 Å². The summed E-state index contributed by atoms with van der Waals surface area (Å²) >= 11 is -3.59. The Morgan fingerprint density at radius 1 is 0.541 bits per heavy atom. The second-order valence-corrected chi connectivity index (χ2v) is 31.1. The monoisotopic (exact) mass is 638 g/mol. The van der Waals surface area contributed by atoms with Crippen molar-refractivity contribution in [3.63, 3.8) is 0 Å². The van der Waals surface area contributed by atoms with Crippen LogP contribution in [0.3, 0.4) is 0 Å². The van der Waals surface area contributed by atoms with Crippen LogP contribution in [0.25, 0.3) is 0 Å². The van der Waals surface area contributed by atoms with Crippen LogP contribution in [-0.2, 0) is 30.3 Å². The van der Waals surface area contributed by atoms with Gasteiger partial charge in [-0.1, -0.05) is 0 Å². The van der Waals surface area contributed by atoms with Gasteiger partial charge in [0.05, 0.1) is 0 Å². The van der Waals surface area contributed by atoms with Crippen LogP contribution in [0.15, 0.2) is 0 Å². The maximum absolute atomic E-state index is 6.68. The normalized spacial score (nSPS) is 15.2. The first-order valence-electron chi connectivity index (χ1n) is 14.8. The van der Waals surface area contributed by atoms with E-state index in [-0.39, 0.29) is 22.3 Å². The molecule has 0 saturated carbocycles. The number of nitrogens with one attached hydrogen (secondary N) is 2. The van der Waals surface area contributed by atoms with E-state index in [1.807, 2.05) is 0 Å². The molecule has 9 heteroatoms. The fourth-order valence-corrected chi connectivity index (χ4v) is 27.8. The third-order valence-electron chi connectivity index (χ3n) is 6.37. The van der Waals surface area contributed by atoms with Crippen LogP contribution >= 0.6 is 0 Å². The molecule has 0 atom stereocenters. The average molecular weight is 640 g/mol. The molecule has 0 aromatic rings. The molecule has 0 fully saturated rings. The predicted molar refractivity (Wildman–Crippen MR) is 167 cm³/mol. The quantitative estimate of drug-likeness (QED) is 0.173. The van der Waals surface area contributed by atoms with Crippen molar-refractivity contribution in [3.8, 4) is 0 Å². The molecule has 0 aliphatic rings. The fraction of sp³-hybridized carbons (Fsp3) is 1.00. The minimum atomic E-state index is -3.59. The SMILES string of the molecule is CC[N](CC)[Zr]([NH]C(C)(C)C[Si](C)(C)OC(C)(C)C)([NH]C(C)(C)C[Si](C)(C)OC(C)(C)C)[N](CC)CC. The molecule has 0 radical (unpaired) electrons. The number of hydrogen-bond donors (Lipinski definition) is 2. The van der Waals surface area contributed by atoms with Gasteiger partial charge in [-0.3, -0.25) is 0 Å². The van der Waals surface area contributed by atoms with E-state index in [9.17, 15) is 0 Å². The average Bonchev–Trinajstić information content (AvgIpc) is 2.55. The Morgan fingerprint density at radius 3 is 0.973 bits per heavy atom. The van der Waals surface area contributed by atoms with Crippen LogP contribution < -0.4 is 6.52 Å². The van der Waals surface area contributed by atoms with Gasteiger partial charge in [0.25, 0.3) is 0 Å². The number of hydrogen-bond acceptors (Lipinski definition) is 6. The zero-order valence-electron chi connectivity index (χ0n) is 28.5. The van der Waals surface area contributed by atoms with Crippen LogP contribution in [0, 0.1) is 0 Å². The zero-order valence-corrected chi connectivity index (χ0v) is 32.9. The summed E-state index contributed by atoms with van der Waals surface area (Å²) in [6, 6.07) is 2.13. The molecule has 0 heterocycles. The Hall–Kier alpha value is 1.08. The Balaban J connectivity index is 6.59. The number of nitrogens with zero attached hydrogens (tertiary/aromatic N) is 2. The van der Waals surface area contributed by atoms with Gasteiger partial charge in [-0.05, 0) is 0 Å². The minimum absolute atomic E-state index is 0.0554. The fourth-order valence-electron chi connectivity index (χ4n) is 6.80. The van der Waals surface area contributed by atoms with Gasteiger partial charge in [0.2, 0.25) is 0 Å². The Kier molecular flexibility index (Phi) is 14.2. The molecule has 0 rings (SSSR count). The number of rotatable bonds is 16. The third kappa shape index (κ3) is 14.0. The second kappa shape index (κ2) is 13.8. The van der Waals surface area contributed by atoms with E-state index >= 15 is 0 Å². The third-order valence-corrected chi connectivity index (χ3v) is 24.8. The van der Waals surface area contributed by atoms with Crippen molar-refractivity contribution in [2.75, 3.05) is 26.2 Å². The van der Waals surface area contributed by atoms with Gasteiger partial charge in [-0.2, -0.15) is 0 Å². The Bertz CT molecular complexity index is 623. The van der Waals surface area contributed by atoms with Crippen LogP contribution in [-0.4, -0.2) is 70.8 Å². The van der Waals surface area contributed by atoms with Crippen molar-refractivity contribution >= 4 is 16.6 Å². The molecule has 0 bridgehead atoms. The summed E-state index contributed by atoms with van der Waals surface area (Å²) in [5.41, 5.74) is -0.346. The first-order valence-corrected chi connectivity index (χ1v) is 25.7. The molecular formula is C28H68N4O2Si2Zr. The summed E-state index contributed by atoms with van der Waals surface area (Å²) in [7, 11) is -3.83. The molecule has 0 aromatic carbocycles. The molecule has 0 aromatic heterocycles. The van der Waals surface area contributed by atoms with E-state index in [0.717, 1.165) is 38.3 Å². The van der Waals surface area contributed by atoms with Crippen LogP contribution in [0.2, 0.25) is 38.3 Å². The Labute approximate surface area is 241 Å². The standard InChI is InChI=1S/2C10H24NOSi.2C4H10N.Zr/c2*1-9(2,3)12-13(6,7)8-10(4,5)11;2*1-3-5-4-2;/h2*11H,8H2,1-7H3;2*3-4H2,1-2H3;/q4*-1;+4.